The van der Waals surface area contributed by atoms with Gasteiger partial charge in [-0.1, -0.05) is 17.7 Å². The second-order valence-corrected chi connectivity index (χ2v) is 5.20. The molecule has 1 unspecified atom stereocenters. The molecule has 0 aromatic heterocycles. The molecule has 0 saturated carbocycles. The Bertz CT molecular complexity index is 501. The van der Waals surface area contributed by atoms with E-state index < -0.39 is 11.8 Å². The van der Waals surface area contributed by atoms with Gasteiger partial charge in [0.05, 0.1) is 23.4 Å². The summed E-state index contributed by atoms with van der Waals surface area (Å²) >= 11 is 5.67. The zero-order chi connectivity index (χ0) is 14.7. The molecule has 2 N–H and O–H groups in total. The van der Waals surface area contributed by atoms with E-state index in [0.29, 0.717) is 19.6 Å². The first-order valence-corrected chi connectivity index (χ1v) is 6.71. The average Bonchev–Trinajstić information content (AvgIpc) is 2.44. The fourth-order valence-corrected chi connectivity index (χ4v) is 2.30. The van der Waals surface area contributed by atoms with Crippen LogP contribution in [0.4, 0.5) is 14.9 Å². The molecule has 1 saturated heterocycles. The van der Waals surface area contributed by atoms with Gasteiger partial charge in [0.25, 0.3) is 0 Å². The Hall–Kier alpha value is -1.37. The molecular weight excluding hydrogens is 285 g/mol. The zero-order valence-corrected chi connectivity index (χ0v) is 11.9. The number of likely N-dealkylation sites (N-methyl/N-ethyl adjacent to an activating group) is 1. The van der Waals surface area contributed by atoms with Crippen molar-refractivity contribution < 1.29 is 14.3 Å². The van der Waals surface area contributed by atoms with Crippen molar-refractivity contribution in [3.8, 4) is 0 Å². The Morgan fingerprint density at radius 1 is 1.55 bits per heavy atom. The first-order chi connectivity index (χ1) is 9.52. The molecule has 110 valence electrons. The quantitative estimate of drug-likeness (QED) is 0.873. The van der Waals surface area contributed by atoms with Crippen molar-refractivity contribution in [3.05, 3.63) is 29.0 Å². The molecule has 1 fully saturated rings. The lowest BCUT2D eigenvalue weighted by atomic mass is 10.2. The molecule has 0 bridgehead atoms. The number of hydrogen-bond acceptors (Lipinski definition) is 3. The van der Waals surface area contributed by atoms with Crippen molar-refractivity contribution >= 4 is 23.3 Å². The maximum Gasteiger partial charge on any atom is 0.322 e. The van der Waals surface area contributed by atoms with Crippen LogP contribution >= 0.6 is 11.6 Å². The van der Waals surface area contributed by atoms with Gasteiger partial charge in [0, 0.05) is 19.6 Å². The van der Waals surface area contributed by atoms with E-state index in [1.807, 2.05) is 11.9 Å². The van der Waals surface area contributed by atoms with E-state index in [1.165, 1.54) is 12.1 Å². The number of amides is 2. The number of piperazine rings is 1. The number of benzene rings is 1. The van der Waals surface area contributed by atoms with E-state index in [4.69, 9.17) is 11.6 Å². The molecule has 1 heterocycles. The molecule has 20 heavy (non-hydrogen) atoms. The van der Waals surface area contributed by atoms with Crippen molar-refractivity contribution in [3.63, 3.8) is 0 Å². The van der Waals surface area contributed by atoms with Gasteiger partial charge in [0.2, 0.25) is 0 Å². The van der Waals surface area contributed by atoms with E-state index in [1.54, 1.807) is 11.0 Å². The van der Waals surface area contributed by atoms with E-state index in [-0.39, 0.29) is 23.4 Å². The number of nitrogens with one attached hydrogen (secondary N) is 1. The fourth-order valence-electron chi connectivity index (χ4n) is 2.12. The molecule has 0 spiro atoms. The first kappa shape index (κ1) is 15.0. The summed E-state index contributed by atoms with van der Waals surface area (Å²) in [6, 6.07) is 3.96. The van der Waals surface area contributed by atoms with Crippen LogP contribution in [0, 0.1) is 5.82 Å². The number of carbonyl (C=O) groups excluding carboxylic acids is 1. The number of carbonyl (C=O) groups is 1. The molecule has 1 aliphatic rings. The second kappa shape index (κ2) is 6.39. The van der Waals surface area contributed by atoms with Crippen LogP contribution in [0.15, 0.2) is 18.2 Å². The highest BCUT2D eigenvalue weighted by Crippen LogP contribution is 2.22. The zero-order valence-electron chi connectivity index (χ0n) is 11.1. The van der Waals surface area contributed by atoms with Gasteiger partial charge < -0.3 is 15.3 Å². The molecule has 1 atom stereocenters. The van der Waals surface area contributed by atoms with Gasteiger partial charge in [0.1, 0.15) is 0 Å². The number of halogens is 2. The van der Waals surface area contributed by atoms with Crippen LogP contribution in [-0.4, -0.2) is 60.3 Å². The number of anilines is 1. The SMILES string of the molecule is CN1CCN(C(=O)Nc2cccc(Cl)c2F)CC1CO. The van der Waals surface area contributed by atoms with Gasteiger partial charge in [0.15, 0.2) is 5.82 Å². The molecule has 7 heteroatoms. The normalized spacial score (nSPS) is 20.0. The highest BCUT2D eigenvalue weighted by Gasteiger charge is 2.27. The Morgan fingerprint density at radius 2 is 2.30 bits per heavy atom. The molecule has 1 aliphatic heterocycles. The van der Waals surface area contributed by atoms with Crippen molar-refractivity contribution in [1.29, 1.82) is 0 Å². The third-order valence-corrected chi connectivity index (χ3v) is 3.76. The molecule has 0 aliphatic carbocycles. The molecule has 2 rings (SSSR count). The van der Waals surface area contributed by atoms with Crippen molar-refractivity contribution in [2.45, 2.75) is 6.04 Å². The van der Waals surface area contributed by atoms with E-state index >= 15 is 0 Å². The number of aliphatic hydroxyl groups is 1. The standard InChI is InChI=1S/C13H17ClFN3O2/c1-17-5-6-18(7-9(17)8-19)13(20)16-11-4-2-3-10(14)12(11)15/h2-4,9,19H,5-8H2,1H3,(H,16,20). The van der Waals surface area contributed by atoms with Crippen LogP contribution in [0.5, 0.6) is 0 Å². The van der Waals surface area contributed by atoms with Crippen LogP contribution in [0.1, 0.15) is 0 Å². The number of rotatable bonds is 2. The van der Waals surface area contributed by atoms with Gasteiger partial charge in [-0.3, -0.25) is 4.90 Å². The minimum Gasteiger partial charge on any atom is -0.395 e. The second-order valence-electron chi connectivity index (χ2n) is 4.79. The Balaban J connectivity index is 2.03. The molecule has 0 radical (unpaired) electrons. The van der Waals surface area contributed by atoms with E-state index in [0.717, 1.165) is 0 Å². The molecule has 1 aromatic rings. The van der Waals surface area contributed by atoms with Crippen molar-refractivity contribution in [1.82, 2.24) is 9.80 Å². The molecular formula is C13H17ClFN3O2. The molecule has 5 nitrogen and oxygen atoms in total. The number of hydrogen-bond donors (Lipinski definition) is 2. The van der Waals surface area contributed by atoms with Gasteiger partial charge in [-0.25, -0.2) is 9.18 Å². The first-order valence-electron chi connectivity index (χ1n) is 6.34. The number of nitrogens with zero attached hydrogens (tertiary/aromatic N) is 2. The smallest absolute Gasteiger partial charge is 0.322 e. The summed E-state index contributed by atoms with van der Waals surface area (Å²) in [6.45, 7) is 1.57. The third-order valence-electron chi connectivity index (χ3n) is 3.47. The lowest BCUT2D eigenvalue weighted by Gasteiger charge is -2.38. The number of aliphatic hydroxyl groups excluding tert-OH is 1. The summed E-state index contributed by atoms with van der Waals surface area (Å²) in [5.41, 5.74) is 0.0574. The summed E-state index contributed by atoms with van der Waals surface area (Å²) in [5, 5.41) is 11.7. The Morgan fingerprint density at radius 3 is 3.00 bits per heavy atom. The summed E-state index contributed by atoms with van der Waals surface area (Å²) in [4.78, 5) is 15.7. The van der Waals surface area contributed by atoms with Crippen LogP contribution in [0.3, 0.4) is 0 Å². The Labute approximate surface area is 121 Å². The monoisotopic (exact) mass is 301 g/mol. The fraction of sp³-hybridized carbons (Fsp3) is 0.462. The van der Waals surface area contributed by atoms with Gasteiger partial charge in [-0.05, 0) is 19.2 Å². The maximum absolute atomic E-state index is 13.7. The largest absolute Gasteiger partial charge is 0.395 e. The van der Waals surface area contributed by atoms with Gasteiger partial charge in [-0.15, -0.1) is 0 Å². The average molecular weight is 302 g/mol. The van der Waals surface area contributed by atoms with Crippen LogP contribution in [-0.2, 0) is 0 Å². The van der Waals surface area contributed by atoms with Crippen molar-refractivity contribution in [2.75, 3.05) is 38.6 Å². The molecule has 1 aromatic carbocycles. The maximum atomic E-state index is 13.7. The van der Waals surface area contributed by atoms with E-state index in [9.17, 15) is 14.3 Å². The predicted octanol–water partition coefficient (Wildman–Crippen LogP) is 1.62. The lowest BCUT2D eigenvalue weighted by Crippen LogP contribution is -2.55. The highest BCUT2D eigenvalue weighted by atomic mass is 35.5. The third kappa shape index (κ3) is 3.20. The highest BCUT2D eigenvalue weighted by molar-refractivity contribution is 6.31. The summed E-state index contributed by atoms with van der Waals surface area (Å²) < 4.78 is 13.7. The number of urea groups is 1. The minimum atomic E-state index is -0.643. The lowest BCUT2D eigenvalue weighted by molar-refractivity contribution is 0.0754. The van der Waals surface area contributed by atoms with E-state index in [2.05, 4.69) is 5.32 Å². The van der Waals surface area contributed by atoms with Crippen molar-refractivity contribution in [2.24, 2.45) is 0 Å². The van der Waals surface area contributed by atoms with Gasteiger partial charge >= 0.3 is 6.03 Å². The minimum absolute atomic E-state index is 0.0220. The topological polar surface area (TPSA) is 55.8 Å². The predicted molar refractivity (Wildman–Crippen MR) is 75.5 cm³/mol. The summed E-state index contributed by atoms with van der Waals surface area (Å²) in [5.74, 6) is -0.643. The molecule has 2 amide bonds. The summed E-state index contributed by atoms with van der Waals surface area (Å²) in [7, 11) is 1.90. The van der Waals surface area contributed by atoms with Crippen LogP contribution in [0.25, 0.3) is 0 Å². The Kier molecular flexibility index (Phi) is 4.80. The van der Waals surface area contributed by atoms with Gasteiger partial charge in [-0.2, -0.15) is 0 Å². The van der Waals surface area contributed by atoms with Crippen LogP contribution < -0.4 is 5.32 Å². The summed E-state index contributed by atoms with van der Waals surface area (Å²) in [6.07, 6.45) is 0. The van der Waals surface area contributed by atoms with Crippen LogP contribution in [0.2, 0.25) is 5.02 Å².